The maximum absolute atomic E-state index is 12.5. The first-order chi connectivity index (χ1) is 13.9. The first-order valence-corrected chi connectivity index (χ1v) is 9.06. The number of nitrogens with one attached hydrogen (secondary N) is 1. The Hall–Kier alpha value is -3.88. The molecule has 9 heteroatoms. The lowest BCUT2D eigenvalue weighted by Gasteiger charge is -2.13. The Morgan fingerprint density at radius 1 is 1.14 bits per heavy atom. The highest BCUT2D eigenvalue weighted by Crippen LogP contribution is 2.24. The van der Waals surface area contributed by atoms with Crippen molar-refractivity contribution in [3.05, 3.63) is 69.3 Å². The van der Waals surface area contributed by atoms with E-state index in [0.717, 1.165) is 23.9 Å². The number of carbonyl (C=O) groups is 2. The summed E-state index contributed by atoms with van der Waals surface area (Å²) < 4.78 is 8.89. The average molecular weight is 393 g/mol. The zero-order chi connectivity index (χ0) is 20.7. The van der Waals surface area contributed by atoms with Gasteiger partial charge in [0.25, 0.3) is 17.4 Å². The molecule has 3 N–H and O–H groups in total. The molecule has 3 aromatic rings. The molecule has 0 bridgehead atoms. The number of rotatable bonds is 5. The number of anilines is 1. The fourth-order valence-electron chi connectivity index (χ4n) is 3.34. The Labute approximate surface area is 165 Å². The van der Waals surface area contributed by atoms with Gasteiger partial charge in [-0.25, -0.2) is 0 Å². The number of carbonyl (C=O) groups excluding carboxylic acids is 2. The van der Waals surface area contributed by atoms with E-state index in [1.54, 1.807) is 30.5 Å². The maximum atomic E-state index is 12.5. The van der Waals surface area contributed by atoms with Crippen LogP contribution in [0.1, 0.15) is 38.9 Å². The third-order valence-corrected chi connectivity index (χ3v) is 4.95. The van der Waals surface area contributed by atoms with Crippen LogP contribution in [0.2, 0.25) is 0 Å². The zero-order valence-electron chi connectivity index (χ0n) is 15.9. The molecule has 0 unspecified atom stereocenters. The molecule has 2 amide bonds. The van der Waals surface area contributed by atoms with Crippen LogP contribution in [0.15, 0.2) is 41.3 Å². The van der Waals surface area contributed by atoms with E-state index < -0.39 is 17.4 Å². The lowest BCUT2D eigenvalue weighted by atomic mass is 10.1. The van der Waals surface area contributed by atoms with Crippen molar-refractivity contribution in [1.29, 1.82) is 0 Å². The first kappa shape index (κ1) is 18.5. The summed E-state index contributed by atoms with van der Waals surface area (Å²) in [7, 11) is 0. The lowest BCUT2D eigenvalue weighted by Crippen LogP contribution is -2.24. The average Bonchev–Trinajstić information content (AvgIpc) is 3.19. The minimum atomic E-state index is -0.619. The van der Waals surface area contributed by atoms with Gasteiger partial charge in [-0.3, -0.25) is 28.9 Å². The molecular weight excluding hydrogens is 374 g/mol. The van der Waals surface area contributed by atoms with Gasteiger partial charge in [-0.1, -0.05) is 0 Å². The van der Waals surface area contributed by atoms with Gasteiger partial charge in [0.2, 0.25) is 0 Å². The molecule has 0 radical (unpaired) electrons. The number of aryl methyl sites for hydroxylation is 1. The number of hydrogen-bond donors (Lipinski definition) is 2. The fourth-order valence-corrected chi connectivity index (χ4v) is 3.34. The van der Waals surface area contributed by atoms with E-state index in [0.29, 0.717) is 18.0 Å². The summed E-state index contributed by atoms with van der Waals surface area (Å²) in [6, 6.07) is 7.86. The quantitative estimate of drug-likeness (QED) is 0.632. The van der Waals surface area contributed by atoms with Crippen molar-refractivity contribution >= 4 is 17.6 Å². The van der Waals surface area contributed by atoms with Gasteiger partial charge in [0, 0.05) is 23.9 Å². The summed E-state index contributed by atoms with van der Waals surface area (Å²) in [4.78, 5) is 36.2. The molecule has 0 atom stereocenters. The topological polar surface area (TPSA) is 121 Å². The van der Waals surface area contributed by atoms with Crippen molar-refractivity contribution in [2.45, 2.75) is 27.0 Å². The molecule has 0 fully saturated rings. The number of nitrogen functional groups attached to an aromatic ring is 1. The molecule has 0 spiro atoms. The highest BCUT2D eigenvalue weighted by molar-refractivity contribution is 6.23. The first-order valence-electron chi connectivity index (χ1n) is 9.06. The van der Waals surface area contributed by atoms with Crippen molar-refractivity contribution in [2.75, 3.05) is 5.73 Å². The summed E-state index contributed by atoms with van der Waals surface area (Å²) in [6.45, 7) is 5.17. The Morgan fingerprint density at radius 2 is 1.86 bits per heavy atom. The molecular formula is C20H19N5O4. The third-order valence-electron chi connectivity index (χ3n) is 4.95. The number of ether oxygens (including phenoxy) is 1. The molecule has 148 valence electrons. The van der Waals surface area contributed by atoms with Crippen LogP contribution in [0, 0.1) is 6.92 Å². The van der Waals surface area contributed by atoms with Crippen LogP contribution >= 0.6 is 0 Å². The monoisotopic (exact) mass is 393 g/mol. The fraction of sp³-hybridized carbons (Fsp3) is 0.200. The molecule has 1 aliphatic rings. The van der Waals surface area contributed by atoms with Crippen molar-refractivity contribution in [1.82, 2.24) is 19.7 Å². The van der Waals surface area contributed by atoms with Gasteiger partial charge in [0.1, 0.15) is 18.2 Å². The summed E-state index contributed by atoms with van der Waals surface area (Å²) in [5, 5.41) is 6.43. The molecule has 4 rings (SSSR count). The van der Waals surface area contributed by atoms with E-state index >= 15 is 0 Å². The Morgan fingerprint density at radius 3 is 2.52 bits per heavy atom. The van der Waals surface area contributed by atoms with Crippen LogP contribution in [-0.4, -0.2) is 26.2 Å². The summed E-state index contributed by atoms with van der Waals surface area (Å²) >= 11 is 0. The molecule has 2 aromatic heterocycles. The number of imide groups is 1. The molecule has 0 saturated carbocycles. The van der Waals surface area contributed by atoms with Gasteiger partial charge >= 0.3 is 0 Å². The van der Waals surface area contributed by atoms with Gasteiger partial charge in [-0.2, -0.15) is 5.10 Å². The molecule has 0 saturated heterocycles. The standard InChI is InChI=1S/C20H19N5O4/c1-3-24-11(2)12(9-22-24)10-29-14-6-4-13(5-7-14)25-16(26)8-15-17(18(25)21)20(28)23-19(15)27/h4-9H,3,10,21H2,1-2H3,(H,23,27,28). The van der Waals surface area contributed by atoms with Gasteiger partial charge < -0.3 is 10.5 Å². The molecule has 1 aromatic carbocycles. The van der Waals surface area contributed by atoms with Gasteiger partial charge in [0.15, 0.2) is 0 Å². The number of aromatic nitrogens is 3. The molecule has 1 aliphatic heterocycles. The van der Waals surface area contributed by atoms with Crippen molar-refractivity contribution in [3.63, 3.8) is 0 Å². The van der Waals surface area contributed by atoms with E-state index in [-0.39, 0.29) is 16.9 Å². The number of nitrogens with zero attached hydrogens (tertiary/aromatic N) is 3. The van der Waals surface area contributed by atoms with Crippen molar-refractivity contribution in [3.8, 4) is 11.4 Å². The number of fused-ring (bicyclic) bond motifs is 1. The van der Waals surface area contributed by atoms with Crippen molar-refractivity contribution < 1.29 is 14.3 Å². The second-order valence-corrected chi connectivity index (χ2v) is 6.63. The predicted octanol–water partition coefficient (Wildman–Crippen LogP) is 1.41. The van der Waals surface area contributed by atoms with E-state index in [4.69, 9.17) is 10.5 Å². The number of nitrogens with two attached hydrogens (primary N) is 1. The van der Waals surface area contributed by atoms with E-state index in [1.807, 2.05) is 18.5 Å². The molecule has 29 heavy (non-hydrogen) atoms. The number of amides is 2. The normalized spacial score (nSPS) is 12.8. The van der Waals surface area contributed by atoms with Crippen LogP contribution < -0.4 is 21.3 Å². The Balaban J connectivity index is 1.59. The van der Waals surface area contributed by atoms with E-state index in [1.165, 1.54) is 4.57 Å². The molecule has 0 aliphatic carbocycles. The lowest BCUT2D eigenvalue weighted by molar-refractivity contribution is 0.0880. The van der Waals surface area contributed by atoms with Crippen LogP contribution in [0.25, 0.3) is 5.69 Å². The smallest absolute Gasteiger partial charge is 0.262 e. The highest BCUT2D eigenvalue weighted by Gasteiger charge is 2.31. The second-order valence-electron chi connectivity index (χ2n) is 6.63. The van der Waals surface area contributed by atoms with Gasteiger partial charge in [-0.05, 0) is 38.1 Å². The zero-order valence-corrected chi connectivity index (χ0v) is 15.9. The number of pyridine rings is 1. The number of hydrogen-bond acceptors (Lipinski definition) is 6. The minimum Gasteiger partial charge on any atom is -0.489 e. The maximum Gasteiger partial charge on any atom is 0.262 e. The molecule has 3 heterocycles. The highest BCUT2D eigenvalue weighted by atomic mass is 16.5. The minimum absolute atomic E-state index is 0.00306. The van der Waals surface area contributed by atoms with Crippen LogP contribution in [-0.2, 0) is 13.2 Å². The molecule has 9 nitrogen and oxygen atoms in total. The second kappa shape index (κ2) is 6.93. The summed E-state index contributed by atoms with van der Waals surface area (Å²) in [5.74, 6) is -0.698. The van der Waals surface area contributed by atoms with E-state index in [9.17, 15) is 14.4 Å². The predicted molar refractivity (Wildman–Crippen MR) is 105 cm³/mol. The number of benzene rings is 1. The summed E-state index contributed by atoms with van der Waals surface area (Å²) in [5.41, 5.74) is 8.05. The van der Waals surface area contributed by atoms with Crippen molar-refractivity contribution in [2.24, 2.45) is 0 Å². The Bertz CT molecular complexity index is 1190. The van der Waals surface area contributed by atoms with Gasteiger partial charge in [0.05, 0.1) is 23.0 Å². The third kappa shape index (κ3) is 3.06. The Kier molecular flexibility index (Phi) is 4.42. The van der Waals surface area contributed by atoms with E-state index in [2.05, 4.69) is 10.4 Å². The largest absolute Gasteiger partial charge is 0.489 e. The SMILES string of the molecule is CCn1ncc(COc2ccc(-n3c(N)c4c(cc3=O)C(=O)NC4=O)cc2)c1C. The van der Waals surface area contributed by atoms with Crippen LogP contribution in [0.4, 0.5) is 5.82 Å². The summed E-state index contributed by atoms with van der Waals surface area (Å²) in [6.07, 6.45) is 1.78. The van der Waals surface area contributed by atoms with Crippen LogP contribution in [0.3, 0.4) is 0 Å². The van der Waals surface area contributed by atoms with Gasteiger partial charge in [-0.15, -0.1) is 0 Å². The van der Waals surface area contributed by atoms with Crippen LogP contribution in [0.5, 0.6) is 5.75 Å².